The van der Waals surface area contributed by atoms with Crippen molar-refractivity contribution in [3.8, 4) is 5.75 Å². The van der Waals surface area contributed by atoms with Gasteiger partial charge in [0.05, 0.1) is 6.61 Å². The van der Waals surface area contributed by atoms with E-state index in [-0.39, 0.29) is 5.41 Å². The van der Waals surface area contributed by atoms with Gasteiger partial charge in [0.1, 0.15) is 5.75 Å². The zero-order chi connectivity index (χ0) is 11.7. The molecule has 0 radical (unpaired) electrons. The molecule has 2 saturated carbocycles. The lowest BCUT2D eigenvalue weighted by Crippen LogP contribution is -2.41. The summed E-state index contributed by atoms with van der Waals surface area (Å²) in [5, 5.41) is 0. The molecule has 0 unspecified atom stereocenters. The molecule has 0 heterocycles. The smallest absolute Gasteiger partial charge is 0.119 e. The third-order valence-corrected chi connectivity index (χ3v) is 4.35. The van der Waals surface area contributed by atoms with Crippen molar-refractivity contribution in [1.29, 1.82) is 0 Å². The zero-order valence-corrected chi connectivity index (χ0v) is 10.3. The van der Waals surface area contributed by atoms with Crippen LogP contribution < -0.4 is 10.5 Å². The maximum atomic E-state index is 5.91. The van der Waals surface area contributed by atoms with Gasteiger partial charge in [0.25, 0.3) is 0 Å². The van der Waals surface area contributed by atoms with Gasteiger partial charge in [-0.3, -0.25) is 0 Å². The molecule has 2 nitrogen and oxygen atoms in total. The molecule has 0 atom stereocenters. The maximum absolute atomic E-state index is 5.91. The summed E-state index contributed by atoms with van der Waals surface area (Å²) in [6, 6.07) is 8.61. The quantitative estimate of drug-likeness (QED) is 0.845. The highest BCUT2D eigenvalue weighted by Crippen LogP contribution is 2.43. The predicted molar refractivity (Wildman–Crippen MR) is 69.2 cm³/mol. The van der Waals surface area contributed by atoms with Crippen molar-refractivity contribution in [2.75, 3.05) is 13.2 Å². The average Bonchev–Trinajstić information content (AvgIpc) is 3.11. The lowest BCUT2D eigenvalue weighted by molar-refractivity contribution is 0.252. The summed E-state index contributed by atoms with van der Waals surface area (Å²) in [5.41, 5.74) is 7.58. The molecule has 1 aromatic rings. The molecule has 2 N–H and O–H groups in total. The first-order valence-electron chi connectivity index (χ1n) is 6.76. The molecular formula is C15H21NO. The molecule has 2 aliphatic rings. The normalized spacial score (nSPS) is 21.9. The lowest BCUT2D eigenvalue weighted by Gasteiger charge is -2.41. The van der Waals surface area contributed by atoms with Crippen LogP contribution in [0.15, 0.2) is 24.3 Å². The Morgan fingerprint density at radius 3 is 2.35 bits per heavy atom. The van der Waals surface area contributed by atoms with Crippen molar-refractivity contribution < 1.29 is 4.74 Å². The molecule has 2 fully saturated rings. The molecule has 3 rings (SSSR count). The van der Waals surface area contributed by atoms with Crippen LogP contribution in [0.3, 0.4) is 0 Å². The van der Waals surface area contributed by atoms with E-state index in [4.69, 9.17) is 10.5 Å². The third-order valence-electron chi connectivity index (χ3n) is 4.35. The second-order valence-electron chi connectivity index (χ2n) is 5.62. The molecule has 0 spiro atoms. The van der Waals surface area contributed by atoms with Crippen LogP contribution in [0.1, 0.15) is 37.7 Å². The van der Waals surface area contributed by atoms with Crippen molar-refractivity contribution in [1.82, 2.24) is 0 Å². The van der Waals surface area contributed by atoms with Crippen molar-refractivity contribution in [3.05, 3.63) is 29.8 Å². The van der Waals surface area contributed by atoms with E-state index in [1.165, 1.54) is 37.7 Å². The van der Waals surface area contributed by atoms with Crippen LogP contribution in [-0.2, 0) is 5.41 Å². The van der Waals surface area contributed by atoms with Gasteiger partial charge in [-0.05, 0) is 49.3 Å². The Labute approximate surface area is 103 Å². The van der Waals surface area contributed by atoms with Crippen molar-refractivity contribution in [3.63, 3.8) is 0 Å². The molecule has 0 amide bonds. The average molecular weight is 231 g/mol. The standard InChI is InChI=1S/C15H21NO/c16-11-15(8-1-9-15)13-4-6-14(7-5-13)17-10-12-2-3-12/h4-7,12H,1-3,8-11,16H2. The van der Waals surface area contributed by atoms with Crippen LogP contribution >= 0.6 is 0 Å². The van der Waals surface area contributed by atoms with E-state index in [9.17, 15) is 0 Å². The van der Waals surface area contributed by atoms with Gasteiger partial charge in [-0.25, -0.2) is 0 Å². The van der Waals surface area contributed by atoms with Crippen LogP contribution in [-0.4, -0.2) is 13.2 Å². The molecule has 0 bridgehead atoms. The van der Waals surface area contributed by atoms with E-state index in [2.05, 4.69) is 24.3 Å². The summed E-state index contributed by atoms with van der Waals surface area (Å²) in [5.74, 6) is 1.82. The Morgan fingerprint density at radius 2 is 1.88 bits per heavy atom. The van der Waals surface area contributed by atoms with Crippen LogP contribution in [0.2, 0.25) is 0 Å². The summed E-state index contributed by atoms with van der Waals surface area (Å²) < 4.78 is 5.75. The summed E-state index contributed by atoms with van der Waals surface area (Å²) in [6.07, 6.45) is 6.48. The first kappa shape index (κ1) is 11.1. The minimum absolute atomic E-state index is 0.273. The second kappa shape index (κ2) is 4.34. The van der Waals surface area contributed by atoms with E-state index < -0.39 is 0 Å². The van der Waals surface area contributed by atoms with Gasteiger partial charge in [-0.15, -0.1) is 0 Å². The van der Waals surface area contributed by atoms with E-state index in [0.717, 1.165) is 24.8 Å². The largest absolute Gasteiger partial charge is 0.493 e. The maximum Gasteiger partial charge on any atom is 0.119 e. The predicted octanol–water partition coefficient (Wildman–Crippen LogP) is 2.86. The molecule has 0 aromatic heterocycles. The molecule has 17 heavy (non-hydrogen) atoms. The molecule has 1 aromatic carbocycles. The van der Waals surface area contributed by atoms with E-state index in [1.54, 1.807) is 0 Å². The van der Waals surface area contributed by atoms with Gasteiger partial charge >= 0.3 is 0 Å². The van der Waals surface area contributed by atoms with Gasteiger partial charge in [0.15, 0.2) is 0 Å². The van der Waals surface area contributed by atoms with E-state index in [1.807, 2.05) is 0 Å². The fraction of sp³-hybridized carbons (Fsp3) is 0.600. The Morgan fingerprint density at radius 1 is 1.18 bits per heavy atom. The number of rotatable bonds is 5. The van der Waals surface area contributed by atoms with Gasteiger partial charge in [0.2, 0.25) is 0 Å². The van der Waals surface area contributed by atoms with Gasteiger partial charge in [0, 0.05) is 12.0 Å². The lowest BCUT2D eigenvalue weighted by atomic mass is 9.64. The third kappa shape index (κ3) is 2.19. The first-order chi connectivity index (χ1) is 8.32. The SMILES string of the molecule is NCC1(c2ccc(OCC3CC3)cc2)CCC1. The van der Waals surface area contributed by atoms with Crippen LogP contribution in [0.4, 0.5) is 0 Å². The fourth-order valence-electron chi connectivity index (χ4n) is 2.62. The van der Waals surface area contributed by atoms with Gasteiger partial charge in [-0.1, -0.05) is 18.6 Å². The minimum atomic E-state index is 0.273. The number of nitrogens with two attached hydrogens (primary N) is 1. The zero-order valence-electron chi connectivity index (χ0n) is 10.3. The summed E-state index contributed by atoms with van der Waals surface area (Å²) >= 11 is 0. The van der Waals surface area contributed by atoms with Crippen LogP contribution in [0.25, 0.3) is 0 Å². The molecule has 0 saturated heterocycles. The van der Waals surface area contributed by atoms with E-state index in [0.29, 0.717) is 0 Å². The Balaban J connectivity index is 1.66. The number of benzene rings is 1. The Kier molecular flexibility index (Phi) is 2.83. The Hall–Kier alpha value is -1.02. The second-order valence-corrected chi connectivity index (χ2v) is 5.62. The molecule has 2 heteroatoms. The first-order valence-corrected chi connectivity index (χ1v) is 6.76. The van der Waals surface area contributed by atoms with Crippen LogP contribution in [0.5, 0.6) is 5.75 Å². The number of hydrogen-bond donors (Lipinski definition) is 1. The van der Waals surface area contributed by atoms with Gasteiger partial charge < -0.3 is 10.5 Å². The molecular weight excluding hydrogens is 210 g/mol. The highest BCUT2D eigenvalue weighted by Gasteiger charge is 2.37. The molecule has 0 aliphatic heterocycles. The highest BCUT2D eigenvalue weighted by atomic mass is 16.5. The van der Waals surface area contributed by atoms with Crippen molar-refractivity contribution >= 4 is 0 Å². The molecule has 92 valence electrons. The summed E-state index contributed by atoms with van der Waals surface area (Å²) in [4.78, 5) is 0. The topological polar surface area (TPSA) is 35.2 Å². The summed E-state index contributed by atoms with van der Waals surface area (Å²) in [6.45, 7) is 1.66. The van der Waals surface area contributed by atoms with Crippen molar-refractivity contribution in [2.24, 2.45) is 11.7 Å². The highest BCUT2D eigenvalue weighted by molar-refractivity contribution is 5.34. The number of hydrogen-bond acceptors (Lipinski definition) is 2. The summed E-state index contributed by atoms with van der Waals surface area (Å²) in [7, 11) is 0. The Bertz CT molecular complexity index is 371. The monoisotopic (exact) mass is 231 g/mol. The minimum Gasteiger partial charge on any atom is -0.493 e. The van der Waals surface area contributed by atoms with Crippen molar-refractivity contribution in [2.45, 2.75) is 37.5 Å². The van der Waals surface area contributed by atoms with Crippen LogP contribution in [0, 0.1) is 5.92 Å². The fourth-order valence-corrected chi connectivity index (χ4v) is 2.62. The van der Waals surface area contributed by atoms with E-state index >= 15 is 0 Å². The molecule has 2 aliphatic carbocycles. The van der Waals surface area contributed by atoms with Gasteiger partial charge in [-0.2, -0.15) is 0 Å². The number of ether oxygens (including phenoxy) is 1.